The monoisotopic (exact) mass is 914 g/mol. The van der Waals surface area contributed by atoms with Crippen molar-refractivity contribution in [1.29, 1.82) is 0 Å². The minimum Gasteiger partial charge on any atom is -0.394 e. The van der Waals surface area contributed by atoms with E-state index in [1.807, 2.05) is 0 Å². The van der Waals surface area contributed by atoms with Crippen LogP contribution in [0.5, 0.6) is 0 Å². The molecule has 0 aromatic rings. The van der Waals surface area contributed by atoms with Crippen LogP contribution in [0.1, 0.15) is 277 Å². The zero-order valence-corrected chi connectivity index (χ0v) is 41.9. The van der Waals surface area contributed by atoms with E-state index in [0.29, 0.717) is 12.8 Å². The number of hydrogen-bond donors (Lipinski definition) is 7. The Labute approximate surface area is 394 Å². The number of nitrogens with one attached hydrogen (secondary N) is 1. The van der Waals surface area contributed by atoms with Crippen molar-refractivity contribution in [3.8, 4) is 0 Å². The SMILES string of the molecule is CCCCCCCCCCCCCCCCCCCCCCCCCCCCC(O)C(=O)NC(COC1OC(CO)C(O)C(O)C1O)C(O)CCCCCCCCCCCCCCC. The van der Waals surface area contributed by atoms with Crippen LogP contribution in [0.25, 0.3) is 0 Å². The van der Waals surface area contributed by atoms with Crippen LogP contribution < -0.4 is 5.32 Å². The standard InChI is InChI=1S/C54H107NO9/c1-3-5-7-9-11-13-15-17-18-19-20-21-22-23-24-25-26-27-28-29-31-33-35-37-39-41-43-48(58)53(62)55-46(45-63-54-52(61)51(60)50(59)49(44-56)64-54)47(57)42-40-38-36-34-32-30-16-14-12-10-8-6-4-2/h46-52,54,56-61H,3-45H2,1-2H3,(H,55,62). The van der Waals surface area contributed by atoms with Crippen molar-refractivity contribution in [2.24, 2.45) is 0 Å². The molecule has 0 saturated carbocycles. The van der Waals surface area contributed by atoms with Crippen molar-refractivity contribution in [2.75, 3.05) is 13.2 Å². The van der Waals surface area contributed by atoms with Crippen LogP contribution in [0.3, 0.4) is 0 Å². The van der Waals surface area contributed by atoms with E-state index >= 15 is 0 Å². The quantitative estimate of drug-likeness (QED) is 0.0294. The van der Waals surface area contributed by atoms with Gasteiger partial charge in [-0.25, -0.2) is 0 Å². The molecule has 10 nitrogen and oxygen atoms in total. The van der Waals surface area contributed by atoms with Crippen molar-refractivity contribution in [2.45, 2.75) is 326 Å². The topological polar surface area (TPSA) is 169 Å². The highest BCUT2D eigenvalue weighted by molar-refractivity contribution is 5.80. The van der Waals surface area contributed by atoms with Gasteiger partial charge in [-0.2, -0.15) is 0 Å². The van der Waals surface area contributed by atoms with Gasteiger partial charge in [0.05, 0.1) is 25.4 Å². The number of aliphatic hydroxyl groups excluding tert-OH is 6. The molecule has 8 atom stereocenters. The Morgan fingerprint density at radius 1 is 0.469 bits per heavy atom. The molecule has 8 unspecified atom stereocenters. The fraction of sp³-hybridized carbons (Fsp3) is 0.981. The summed E-state index contributed by atoms with van der Waals surface area (Å²) in [5, 5.41) is 65.1. The molecular weight excluding hydrogens is 807 g/mol. The van der Waals surface area contributed by atoms with E-state index < -0.39 is 61.5 Å². The molecule has 7 N–H and O–H groups in total. The lowest BCUT2D eigenvalue weighted by molar-refractivity contribution is -0.302. The molecule has 1 heterocycles. The molecule has 1 aliphatic rings. The smallest absolute Gasteiger partial charge is 0.249 e. The van der Waals surface area contributed by atoms with Crippen LogP contribution in [-0.2, 0) is 14.3 Å². The molecule has 1 rings (SSSR count). The molecule has 0 aliphatic carbocycles. The molecular formula is C54H107NO9. The number of carbonyl (C=O) groups is 1. The highest BCUT2D eigenvalue weighted by Crippen LogP contribution is 2.23. The summed E-state index contributed by atoms with van der Waals surface area (Å²) >= 11 is 0. The normalized spacial score (nSPS) is 20.4. The Morgan fingerprint density at radius 2 is 0.781 bits per heavy atom. The summed E-state index contributed by atoms with van der Waals surface area (Å²) < 4.78 is 11.2. The third kappa shape index (κ3) is 33.6. The number of amides is 1. The maximum absolute atomic E-state index is 13.1. The maximum Gasteiger partial charge on any atom is 0.249 e. The Balaban J connectivity index is 2.20. The molecule has 0 spiro atoms. The summed E-state index contributed by atoms with van der Waals surface area (Å²) in [6.45, 7) is 3.70. The van der Waals surface area contributed by atoms with Crippen molar-refractivity contribution < 1.29 is 44.9 Å². The summed E-state index contributed by atoms with van der Waals surface area (Å²) in [5.74, 6) is -0.577. The van der Waals surface area contributed by atoms with Gasteiger partial charge < -0.3 is 45.4 Å². The molecule has 0 aromatic heterocycles. The van der Waals surface area contributed by atoms with Gasteiger partial charge in [-0.15, -0.1) is 0 Å². The van der Waals surface area contributed by atoms with Gasteiger partial charge in [0.25, 0.3) is 0 Å². The van der Waals surface area contributed by atoms with Gasteiger partial charge >= 0.3 is 0 Å². The molecule has 10 heteroatoms. The highest BCUT2D eigenvalue weighted by Gasteiger charge is 2.44. The zero-order chi connectivity index (χ0) is 46.7. The first-order chi connectivity index (χ1) is 31.3. The molecule has 1 amide bonds. The lowest BCUT2D eigenvalue weighted by atomic mass is 9.99. The summed E-state index contributed by atoms with van der Waals surface area (Å²) in [4.78, 5) is 13.1. The summed E-state index contributed by atoms with van der Waals surface area (Å²) in [6, 6.07) is -0.888. The first-order valence-corrected chi connectivity index (χ1v) is 27.8. The van der Waals surface area contributed by atoms with E-state index in [2.05, 4.69) is 19.2 Å². The van der Waals surface area contributed by atoms with E-state index in [1.165, 1.54) is 205 Å². The number of aliphatic hydroxyl groups is 6. The Morgan fingerprint density at radius 3 is 1.11 bits per heavy atom. The largest absolute Gasteiger partial charge is 0.394 e. The van der Waals surface area contributed by atoms with Crippen molar-refractivity contribution in [3.63, 3.8) is 0 Å². The second kappa shape index (κ2) is 44.6. The van der Waals surface area contributed by atoms with Crippen LogP contribution in [0.15, 0.2) is 0 Å². The number of rotatable bonds is 48. The molecule has 382 valence electrons. The number of ether oxygens (including phenoxy) is 2. The fourth-order valence-electron chi connectivity index (χ4n) is 9.29. The van der Waals surface area contributed by atoms with E-state index in [9.17, 15) is 35.4 Å². The van der Waals surface area contributed by atoms with Crippen LogP contribution in [0, 0.1) is 0 Å². The Kier molecular flexibility index (Phi) is 42.7. The summed E-state index contributed by atoms with van der Waals surface area (Å²) in [5.41, 5.74) is 0. The number of hydrogen-bond acceptors (Lipinski definition) is 9. The van der Waals surface area contributed by atoms with Crippen LogP contribution >= 0.6 is 0 Å². The first kappa shape index (κ1) is 61.2. The van der Waals surface area contributed by atoms with Gasteiger partial charge in [-0.05, 0) is 12.8 Å². The minimum absolute atomic E-state index is 0.250. The van der Waals surface area contributed by atoms with E-state index in [-0.39, 0.29) is 6.61 Å². The van der Waals surface area contributed by atoms with E-state index in [4.69, 9.17) is 9.47 Å². The average Bonchev–Trinajstić information content (AvgIpc) is 3.29. The zero-order valence-electron chi connectivity index (χ0n) is 41.9. The van der Waals surface area contributed by atoms with Crippen molar-refractivity contribution >= 4 is 5.91 Å². The molecule has 64 heavy (non-hydrogen) atoms. The second-order valence-corrected chi connectivity index (χ2v) is 19.9. The summed E-state index contributed by atoms with van der Waals surface area (Å²) in [6.07, 6.45) is 41.7. The predicted octanol–water partition coefficient (Wildman–Crippen LogP) is 12.0. The molecule has 0 aromatic carbocycles. The van der Waals surface area contributed by atoms with Crippen molar-refractivity contribution in [1.82, 2.24) is 5.32 Å². The molecule has 1 fully saturated rings. The molecule has 1 saturated heterocycles. The first-order valence-electron chi connectivity index (χ1n) is 27.8. The number of unbranched alkanes of at least 4 members (excludes halogenated alkanes) is 37. The van der Waals surface area contributed by atoms with Gasteiger partial charge in [-0.1, -0.05) is 264 Å². The Hall–Kier alpha value is -0.850. The highest BCUT2D eigenvalue weighted by atomic mass is 16.7. The van der Waals surface area contributed by atoms with Gasteiger partial charge in [0.15, 0.2) is 6.29 Å². The fourth-order valence-corrected chi connectivity index (χ4v) is 9.29. The van der Waals surface area contributed by atoms with Gasteiger partial charge in [0.1, 0.15) is 30.5 Å². The van der Waals surface area contributed by atoms with Crippen LogP contribution in [-0.4, -0.2) is 98.7 Å². The van der Waals surface area contributed by atoms with E-state index in [1.54, 1.807) is 0 Å². The predicted molar refractivity (Wildman–Crippen MR) is 264 cm³/mol. The van der Waals surface area contributed by atoms with Crippen molar-refractivity contribution in [3.05, 3.63) is 0 Å². The molecule has 0 radical (unpaired) electrons. The van der Waals surface area contributed by atoms with Gasteiger partial charge in [0.2, 0.25) is 5.91 Å². The second-order valence-electron chi connectivity index (χ2n) is 19.9. The third-order valence-electron chi connectivity index (χ3n) is 13.8. The average molecular weight is 914 g/mol. The lowest BCUT2D eigenvalue weighted by Gasteiger charge is -2.40. The Bertz CT molecular complexity index is 988. The molecule has 1 aliphatic heterocycles. The minimum atomic E-state index is -1.59. The van der Waals surface area contributed by atoms with Crippen LogP contribution in [0.4, 0.5) is 0 Å². The van der Waals surface area contributed by atoms with E-state index in [0.717, 1.165) is 44.9 Å². The summed E-state index contributed by atoms with van der Waals surface area (Å²) in [7, 11) is 0. The third-order valence-corrected chi connectivity index (χ3v) is 13.8. The maximum atomic E-state index is 13.1. The lowest BCUT2D eigenvalue weighted by Crippen LogP contribution is -2.60. The number of carbonyl (C=O) groups excluding carboxylic acids is 1. The van der Waals surface area contributed by atoms with Crippen LogP contribution in [0.2, 0.25) is 0 Å². The van der Waals surface area contributed by atoms with Gasteiger partial charge in [0, 0.05) is 0 Å². The molecule has 0 bridgehead atoms. The van der Waals surface area contributed by atoms with Gasteiger partial charge in [-0.3, -0.25) is 4.79 Å².